The Balaban J connectivity index is 0.000000154. The summed E-state index contributed by atoms with van der Waals surface area (Å²) in [4.78, 5) is 10.1. The van der Waals surface area contributed by atoms with Crippen LogP contribution in [-0.4, -0.2) is 26.2 Å². The number of hydrogen-bond acceptors (Lipinski definition) is 3. The largest absolute Gasteiger partial charge is 0.376 e. The maximum atomic E-state index is 10.1. The van der Waals surface area contributed by atoms with Crippen LogP contribution in [0, 0.1) is 0 Å². The topological polar surface area (TPSA) is 88.7 Å². The van der Waals surface area contributed by atoms with Crippen LogP contribution in [0.5, 0.6) is 0 Å². The van der Waals surface area contributed by atoms with E-state index in [0.717, 1.165) is 0 Å². The van der Waals surface area contributed by atoms with Gasteiger partial charge in [-0.15, -0.1) is 0 Å². The minimum Gasteiger partial charge on any atom is -0.376 e. The number of carbonyl (C=O) groups excluding carboxylic acids is 1. The normalized spacial score (nSPS) is 9.76. The number of carbonyl (C=O) groups is 1. The number of rotatable bonds is 2. The Bertz CT molecular complexity index is 761. The van der Waals surface area contributed by atoms with Crippen molar-refractivity contribution in [1.29, 1.82) is 0 Å². The lowest BCUT2D eigenvalue weighted by Crippen LogP contribution is -2.18. The molecule has 108 valence electrons. The molecule has 0 saturated heterocycles. The Morgan fingerprint density at radius 2 is 2.19 bits per heavy atom. The van der Waals surface area contributed by atoms with Crippen molar-refractivity contribution in [3.63, 3.8) is 0 Å². The Kier molecular flexibility index (Phi) is 4.68. The Labute approximate surface area is 126 Å². The number of fused-ring (bicyclic) bond motifs is 1. The van der Waals surface area contributed by atoms with Crippen LogP contribution in [-0.2, 0) is 7.05 Å². The van der Waals surface area contributed by atoms with Crippen molar-refractivity contribution in [2.24, 2.45) is 12.8 Å². The summed E-state index contributed by atoms with van der Waals surface area (Å²) in [6.45, 7) is 0. The fraction of sp³-hybridized carbons (Fsp3) is 0.0714. The predicted octanol–water partition coefficient (Wildman–Crippen LogP) is 2.06. The molecule has 0 fully saturated rings. The molecule has 0 bridgehead atoms. The van der Waals surface area contributed by atoms with Gasteiger partial charge in [-0.25, -0.2) is 0 Å². The van der Waals surface area contributed by atoms with E-state index in [1.807, 2.05) is 0 Å². The maximum Gasteiger partial charge on any atom is 0.170 e. The number of hydrogen-bond donors (Lipinski definition) is 3. The molecule has 1 aromatic carbocycles. The van der Waals surface area contributed by atoms with Crippen molar-refractivity contribution >= 4 is 40.3 Å². The van der Waals surface area contributed by atoms with Gasteiger partial charge in [-0.1, -0.05) is 18.2 Å². The highest BCUT2D eigenvalue weighted by molar-refractivity contribution is 7.80. The van der Waals surface area contributed by atoms with Crippen molar-refractivity contribution in [1.82, 2.24) is 14.8 Å². The number of nitrogens with one attached hydrogen (secondary N) is 2. The van der Waals surface area contributed by atoms with Gasteiger partial charge in [-0.3, -0.25) is 9.89 Å². The number of aryl methyl sites for hydroxylation is 1. The molecule has 3 aromatic rings. The smallest absolute Gasteiger partial charge is 0.170 e. The van der Waals surface area contributed by atoms with E-state index in [0.29, 0.717) is 17.8 Å². The minimum absolute atomic E-state index is 0.131. The summed E-state index contributed by atoms with van der Waals surface area (Å²) >= 11 is 4.55. The monoisotopic (exact) mass is 301 g/mol. The first-order valence-corrected chi connectivity index (χ1v) is 6.58. The molecule has 0 radical (unpaired) electrons. The third kappa shape index (κ3) is 3.90. The van der Waals surface area contributed by atoms with E-state index in [2.05, 4.69) is 75.9 Å². The molecule has 0 unspecified atom stereocenters. The van der Waals surface area contributed by atoms with Gasteiger partial charge in [0.05, 0.1) is 0 Å². The highest BCUT2D eigenvalue weighted by atomic mass is 32.1. The van der Waals surface area contributed by atoms with Gasteiger partial charge in [0.1, 0.15) is 11.5 Å². The van der Waals surface area contributed by atoms with Crippen LogP contribution in [0.4, 0.5) is 5.82 Å². The number of anilines is 1. The molecule has 2 heterocycles. The van der Waals surface area contributed by atoms with E-state index in [4.69, 9.17) is 5.73 Å². The summed E-state index contributed by atoms with van der Waals surface area (Å²) in [7, 11) is 2.06. The van der Waals surface area contributed by atoms with Gasteiger partial charge >= 0.3 is 0 Å². The van der Waals surface area contributed by atoms with Gasteiger partial charge in [0.2, 0.25) is 0 Å². The molecule has 0 aliphatic heterocycles. The molecule has 4 N–H and O–H groups in total. The molecule has 0 aliphatic rings. The lowest BCUT2D eigenvalue weighted by atomic mass is 10.2. The molecule has 3 rings (SSSR count). The zero-order chi connectivity index (χ0) is 15.2. The molecule has 0 aliphatic carbocycles. The third-order valence-electron chi connectivity index (χ3n) is 2.77. The molecule has 0 saturated carbocycles. The molecule has 7 heteroatoms. The molecule has 0 amide bonds. The Morgan fingerprint density at radius 1 is 1.43 bits per heavy atom. The quantitative estimate of drug-likeness (QED) is 0.498. The first-order chi connectivity index (χ1) is 10.1. The van der Waals surface area contributed by atoms with Gasteiger partial charge < -0.3 is 15.6 Å². The van der Waals surface area contributed by atoms with Crippen molar-refractivity contribution in [3.8, 4) is 0 Å². The number of aromatic amines is 1. The van der Waals surface area contributed by atoms with Gasteiger partial charge in [0.25, 0.3) is 0 Å². The van der Waals surface area contributed by atoms with Gasteiger partial charge in [-0.2, -0.15) is 5.10 Å². The molecule has 0 spiro atoms. The first kappa shape index (κ1) is 14.7. The summed E-state index contributed by atoms with van der Waals surface area (Å²) in [5, 5.41) is 10.2. The lowest BCUT2D eigenvalue weighted by Gasteiger charge is -1.95. The number of benzene rings is 1. The van der Waals surface area contributed by atoms with E-state index in [1.54, 1.807) is 0 Å². The van der Waals surface area contributed by atoms with E-state index >= 15 is 0 Å². The summed E-state index contributed by atoms with van der Waals surface area (Å²) in [6.07, 6.45) is 2.70. The first-order valence-electron chi connectivity index (χ1n) is 6.17. The summed E-state index contributed by atoms with van der Waals surface area (Å²) in [6, 6.07) is 12.0. The van der Waals surface area contributed by atoms with Crippen molar-refractivity contribution < 1.29 is 4.79 Å². The van der Waals surface area contributed by atoms with Crippen LogP contribution >= 0.6 is 12.2 Å². The van der Waals surface area contributed by atoms with Crippen LogP contribution < -0.4 is 11.1 Å². The molecule has 2 aromatic heterocycles. The van der Waals surface area contributed by atoms with Crippen LogP contribution in [0.15, 0.2) is 42.6 Å². The maximum absolute atomic E-state index is 10.1. The van der Waals surface area contributed by atoms with E-state index in [9.17, 15) is 4.79 Å². The number of aromatic nitrogens is 3. The number of aldehydes is 1. The molecule has 0 atom stereocenters. The van der Waals surface area contributed by atoms with Crippen LogP contribution in [0.1, 0.15) is 10.5 Å². The number of H-pyrrole nitrogens is 1. The SMILES string of the molecule is Cn1ccc2ccccc21.NC(=S)Nc1cc(C=O)n[nH]1. The van der Waals surface area contributed by atoms with Gasteiger partial charge in [-0.05, 0) is 29.7 Å². The Morgan fingerprint density at radius 3 is 2.81 bits per heavy atom. The number of nitrogens with zero attached hydrogens (tertiary/aromatic N) is 2. The summed E-state index contributed by atoms with van der Waals surface area (Å²) in [5.41, 5.74) is 6.76. The fourth-order valence-electron chi connectivity index (χ4n) is 1.82. The van der Waals surface area contributed by atoms with Gasteiger partial charge in [0, 0.05) is 24.8 Å². The number of para-hydroxylation sites is 1. The third-order valence-corrected chi connectivity index (χ3v) is 2.87. The standard InChI is InChI=1S/C9H9N.C5H6N4OS/c1-10-7-6-8-4-2-3-5-9(8)10;6-5(11)7-4-1-3(2-10)8-9-4/h2-7H,1H3;1-2H,(H4,6,7,8,9,11). The number of nitrogens with two attached hydrogens (primary N) is 1. The second-order valence-electron chi connectivity index (χ2n) is 4.30. The second-order valence-corrected chi connectivity index (χ2v) is 4.74. The van der Waals surface area contributed by atoms with E-state index in [-0.39, 0.29) is 5.11 Å². The average molecular weight is 301 g/mol. The average Bonchev–Trinajstić information content (AvgIpc) is 3.07. The second kappa shape index (κ2) is 6.67. The predicted molar refractivity (Wildman–Crippen MR) is 87.3 cm³/mol. The zero-order valence-corrected chi connectivity index (χ0v) is 12.2. The summed E-state index contributed by atoms with van der Waals surface area (Å²) < 4.78 is 2.12. The van der Waals surface area contributed by atoms with Crippen LogP contribution in [0.2, 0.25) is 0 Å². The number of thiocarbonyl (C=S) groups is 1. The van der Waals surface area contributed by atoms with Gasteiger partial charge in [0.15, 0.2) is 11.4 Å². The van der Waals surface area contributed by atoms with E-state index < -0.39 is 0 Å². The minimum atomic E-state index is 0.131. The Hall–Kier alpha value is -2.67. The van der Waals surface area contributed by atoms with Crippen LogP contribution in [0.25, 0.3) is 10.9 Å². The summed E-state index contributed by atoms with van der Waals surface area (Å²) in [5.74, 6) is 0.514. The van der Waals surface area contributed by atoms with E-state index in [1.165, 1.54) is 17.0 Å². The lowest BCUT2D eigenvalue weighted by molar-refractivity contribution is 0.111. The molecular weight excluding hydrogens is 286 g/mol. The molecular formula is C14H15N5OS. The fourth-order valence-corrected chi connectivity index (χ4v) is 1.93. The van der Waals surface area contributed by atoms with Crippen molar-refractivity contribution in [2.45, 2.75) is 0 Å². The molecule has 21 heavy (non-hydrogen) atoms. The van der Waals surface area contributed by atoms with Crippen LogP contribution in [0.3, 0.4) is 0 Å². The highest BCUT2D eigenvalue weighted by Gasteiger charge is 1.98. The van der Waals surface area contributed by atoms with Crippen molar-refractivity contribution in [3.05, 3.63) is 48.3 Å². The highest BCUT2D eigenvalue weighted by Crippen LogP contribution is 2.12. The van der Waals surface area contributed by atoms with Crippen molar-refractivity contribution in [2.75, 3.05) is 5.32 Å². The zero-order valence-electron chi connectivity index (χ0n) is 11.4. The molecule has 6 nitrogen and oxygen atoms in total.